The predicted octanol–water partition coefficient (Wildman–Crippen LogP) is 4.36. The first kappa shape index (κ1) is 28.8. The molecule has 0 unspecified atom stereocenters. The molecule has 2 aromatic heterocycles. The molecule has 3 heterocycles. The molecule has 2 amide bonds. The van der Waals surface area contributed by atoms with Crippen molar-refractivity contribution >= 4 is 29.1 Å². The van der Waals surface area contributed by atoms with Gasteiger partial charge in [-0.2, -0.15) is 10.0 Å². The Hall–Kier alpha value is -5.33. The fraction of sp³-hybridized carbons (Fsp3) is 0.188. The highest BCUT2D eigenvalue weighted by Gasteiger charge is 2.22. The molecule has 1 fully saturated rings. The quantitative estimate of drug-likeness (QED) is 0.242. The number of rotatable bonds is 8. The molecule has 11 nitrogen and oxygen atoms in total. The van der Waals surface area contributed by atoms with Gasteiger partial charge in [0.2, 0.25) is 5.95 Å². The lowest BCUT2D eigenvalue weighted by Gasteiger charge is -2.31. The fourth-order valence-corrected chi connectivity index (χ4v) is 4.94. The first-order chi connectivity index (χ1) is 21.4. The van der Waals surface area contributed by atoms with Crippen molar-refractivity contribution in [1.82, 2.24) is 29.9 Å². The number of ether oxygens (including phenoxy) is 1. The lowest BCUT2D eigenvalue weighted by molar-refractivity contribution is -0.112. The monoisotopic (exact) mass is 595 g/mol. The van der Waals surface area contributed by atoms with Crippen LogP contribution in [0.15, 0.2) is 85.1 Å². The standard InChI is InChI=1S/C32H30FN7O4/c1-44-28-18-24(31(42)38-14-16-39(43)17-15-38)8-12-27(28)35-32-36-29-13-9-25(20-40(29)37-32)22-4-6-23(7-5-22)30(41)34-19-21-2-10-26(33)11-3-21/h2-13,18,20,43H,14-17,19H2,1H3,(H,34,41)(H,35,37). The maximum atomic E-state index is 13.1. The van der Waals surface area contributed by atoms with E-state index in [0.717, 1.165) is 16.7 Å². The molecule has 0 bridgehead atoms. The van der Waals surface area contributed by atoms with Gasteiger partial charge in [0, 0.05) is 55.6 Å². The van der Waals surface area contributed by atoms with Crippen LogP contribution >= 0.6 is 0 Å². The first-order valence-corrected chi connectivity index (χ1v) is 14.0. The van der Waals surface area contributed by atoms with Crippen LogP contribution in [-0.2, 0) is 6.54 Å². The molecular formula is C32H30FN7O4. The lowest BCUT2D eigenvalue weighted by atomic mass is 10.1. The van der Waals surface area contributed by atoms with Gasteiger partial charge in [0.1, 0.15) is 11.6 Å². The number of pyridine rings is 1. The van der Waals surface area contributed by atoms with E-state index in [4.69, 9.17) is 4.74 Å². The zero-order valence-electron chi connectivity index (χ0n) is 23.9. The highest BCUT2D eigenvalue weighted by Crippen LogP contribution is 2.29. The minimum absolute atomic E-state index is 0.125. The third-order valence-electron chi connectivity index (χ3n) is 7.42. The molecule has 44 heavy (non-hydrogen) atoms. The second-order valence-corrected chi connectivity index (χ2v) is 10.3. The van der Waals surface area contributed by atoms with E-state index in [9.17, 15) is 19.2 Å². The van der Waals surface area contributed by atoms with Crippen molar-refractivity contribution in [2.75, 3.05) is 38.6 Å². The molecule has 0 radical (unpaired) electrons. The average molecular weight is 596 g/mol. The molecule has 3 aromatic carbocycles. The number of hydrogen-bond donors (Lipinski definition) is 3. The van der Waals surface area contributed by atoms with Crippen LogP contribution in [0.3, 0.4) is 0 Å². The summed E-state index contributed by atoms with van der Waals surface area (Å²) in [4.78, 5) is 31.8. The van der Waals surface area contributed by atoms with E-state index >= 15 is 0 Å². The van der Waals surface area contributed by atoms with Gasteiger partial charge in [0.05, 0.1) is 12.8 Å². The fourth-order valence-electron chi connectivity index (χ4n) is 4.94. The Bertz CT molecular complexity index is 1800. The second-order valence-electron chi connectivity index (χ2n) is 10.3. The van der Waals surface area contributed by atoms with Crippen molar-refractivity contribution in [1.29, 1.82) is 0 Å². The molecule has 224 valence electrons. The van der Waals surface area contributed by atoms with Gasteiger partial charge in [-0.25, -0.2) is 8.91 Å². The largest absolute Gasteiger partial charge is 0.495 e. The van der Waals surface area contributed by atoms with Gasteiger partial charge in [-0.05, 0) is 65.7 Å². The molecule has 1 aliphatic rings. The SMILES string of the molecule is COc1cc(C(=O)N2CCN(O)CC2)ccc1Nc1nc2ccc(-c3ccc(C(=O)NCc4ccc(F)cc4)cc3)cn2n1. The van der Waals surface area contributed by atoms with Crippen molar-refractivity contribution in [3.63, 3.8) is 0 Å². The number of carbonyl (C=O) groups excluding carboxylic acids is 2. The highest BCUT2D eigenvalue weighted by molar-refractivity contribution is 5.96. The minimum atomic E-state index is -0.317. The summed E-state index contributed by atoms with van der Waals surface area (Å²) in [5, 5.41) is 21.4. The molecule has 1 saturated heterocycles. The summed E-state index contributed by atoms with van der Waals surface area (Å²) in [7, 11) is 1.53. The van der Waals surface area contributed by atoms with Gasteiger partial charge in [-0.15, -0.1) is 5.10 Å². The van der Waals surface area contributed by atoms with E-state index in [1.165, 1.54) is 24.3 Å². The number of hydrogen-bond acceptors (Lipinski definition) is 8. The molecule has 12 heteroatoms. The van der Waals surface area contributed by atoms with Crippen LogP contribution in [-0.4, -0.2) is 74.9 Å². The summed E-state index contributed by atoms with van der Waals surface area (Å²) in [6.45, 7) is 2.02. The number of fused-ring (bicyclic) bond motifs is 1. The Balaban J connectivity index is 1.12. The Kier molecular flexibility index (Phi) is 8.17. The van der Waals surface area contributed by atoms with Crippen LogP contribution in [0.5, 0.6) is 5.75 Å². The van der Waals surface area contributed by atoms with Gasteiger partial charge in [-0.3, -0.25) is 9.59 Å². The van der Waals surface area contributed by atoms with E-state index in [1.807, 2.05) is 30.5 Å². The van der Waals surface area contributed by atoms with Crippen LogP contribution in [0, 0.1) is 5.82 Å². The number of hydroxylamine groups is 2. The maximum Gasteiger partial charge on any atom is 0.254 e. The predicted molar refractivity (Wildman–Crippen MR) is 162 cm³/mol. The normalized spacial score (nSPS) is 13.6. The summed E-state index contributed by atoms with van der Waals surface area (Å²) < 4.78 is 20.3. The topological polar surface area (TPSA) is 124 Å². The number of halogens is 1. The molecular weight excluding hydrogens is 565 g/mol. The minimum Gasteiger partial charge on any atom is -0.495 e. The van der Waals surface area contributed by atoms with E-state index in [-0.39, 0.29) is 17.6 Å². The Morgan fingerprint density at radius 3 is 2.34 bits per heavy atom. The summed E-state index contributed by atoms with van der Waals surface area (Å²) >= 11 is 0. The third kappa shape index (κ3) is 6.36. The summed E-state index contributed by atoms with van der Waals surface area (Å²) in [6.07, 6.45) is 1.85. The van der Waals surface area contributed by atoms with Gasteiger partial charge in [-0.1, -0.05) is 24.3 Å². The maximum absolute atomic E-state index is 13.1. The van der Waals surface area contributed by atoms with Crippen LogP contribution in [0.4, 0.5) is 16.0 Å². The molecule has 0 atom stereocenters. The van der Waals surface area contributed by atoms with Gasteiger partial charge in [0.25, 0.3) is 11.8 Å². The third-order valence-corrected chi connectivity index (χ3v) is 7.42. The van der Waals surface area contributed by atoms with Gasteiger partial charge in [0.15, 0.2) is 5.65 Å². The van der Waals surface area contributed by atoms with Crippen LogP contribution < -0.4 is 15.4 Å². The van der Waals surface area contributed by atoms with Crippen molar-refractivity contribution in [2.24, 2.45) is 0 Å². The number of carbonyl (C=O) groups is 2. The van der Waals surface area contributed by atoms with E-state index in [1.54, 1.807) is 51.9 Å². The highest BCUT2D eigenvalue weighted by atomic mass is 19.1. The Morgan fingerprint density at radius 2 is 1.61 bits per heavy atom. The molecule has 0 aliphatic carbocycles. The molecule has 5 aromatic rings. The molecule has 0 saturated carbocycles. The molecule has 0 spiro atoms. The number of methoxy groups -OCH3 is 1. The number of anilines is 2. The summed E-state index contributed by atoms with van der Waals surface area (Å²) in [6, 6.07) is 22.2. The molecule has 1 aliphatic heterocycles. The molecule has 6 rings (SSSR count). The molecule has 3 N–H and O–H groups in total. The van der Waals surface area contributed by atoms with Crippen LogP contribution in [0.1, 0.15) is 26.3 Å². The van der Waals surface area contributed by atoms with Crippen LogP contribution in [0.25, 0.3) is 16.8 Å². The van der Waals surface area contributed by atoms with E-state index < -0.39 is 0 Å². The lowest BCUT2D eigenvalue weighted by Crippen LogP contribution is -2.47. The smallest absolute Gasteiger partial charge is 0.254 e. The Labute approximate surface area is 252 Å². The number of benzene rings is 3. The van der Waals surface area contributed by atoms with Gasteiger partial charge >= 0.3 is 0 Å². The van der Waals surface area contributed by atoms with Crippen molar-refractivity contribution in [3.05, 3.63) is 108 Å². The second kappa shape index (κ2) is 12.5. The number of aromatic nitrogens is 3. The van der Waals surface area contributed by atoms with Crippen LogP contribution in [0.2, 0.25) is 0 Å². The van der Waals surface area contributed by atoms with Gasteiger partial charge < -0.3 is 25.5 Å². The number of amides is 2. The van der Waals surface area contributed by atoms with E-state index in [2.05, 4.69) is 20.7 Å². The number of nitrogens with zero attached hydrogens (tertiary/aromatic N) is 5. The number of nitrogens with one attached hydrogen (secondary N) is 2. The van der Waals surface area contributed by atoms with E-state index in [0.29, 0.717) is 66.9 Å². The summed E-state index contributed by atoms with van der Waals surface area (Å²) in [5.41, 5.74) is 4.83. The summed E-state index contributed by atoms with van der Waals surface area (Å²) in [5.74, 6) is 0.160. The Morgan fingerprint density at radius 1 is 0.909 bits per heavy atom. The van der Waals surface area contributed by atoms with Crippen molar-refractivity contribution in [3.8, 4) is 16.9 Å². The van der Waals surface area contributed by atoms with Crippen molar-refractivity contribution < 1.29 is 23.9 Å². The average Bonchev–Trinajstić information content (AvgIpc) is 3.46. The van der Waals surface area contributed by atoms with Crippen molar-refractivity contribution in [2.45, 2.75) is 6.54 Å². The number of piperazine rings is 1. The first-order valence-electron chi connectivity index (χ1n) is 14.0. The zero-order chi connectivity index (χ0) is 30.6. The zero-order valence-corrected chi connectivity index (χ0v) is 23.9.